The molecule has 1 unspecified atom stereocenters. The Morgan fingerprint density at radius 2 is 1.50 bits per heavy atom. The van der Waals surface area contributed by atoms with E-state index in [0.717, 1.165) is 0 Å². The fourth-order valence-electron chi connectivity index (χ4n) is 0. The molecule has 0 bridgehead atoms. The molecule has 0 saturated heterocycles. The lowest BCUT2D eigenvalue weighted by atomic mass is 10.8. The van der Waals surface area contributed by atoms with Crippen LogP contribution in [-0.4, -0.2) is 12.7 Å². The van der Waals surface area contributed by atoms with Crippen molar-refractivity contribution in [3.05, 3.63) is 0 Å². The molecule has 0 aliphatic rings. The standard InChI is InChI=1S/C5H14ClNSi/c1-5(6,7)8(2,3)4/h7H2,1-4H3. The molecular formula is C5H14ClNSi. The molecule has 8 heavy (non-hydrogen) atoms. The second kappa shape index (κ2) is 2.01. The van der Waals surface area contributed by atoms with Crippen LogP contribution in [0.3, 0.4) is 0 Å². The van der Waals surface area contributed by atoms with E-state index in [1.54, 1.807) is 0 Å². The number of halogens is 1. The highest BCUT2D eigenvalue weighted by atomic mass is 35.5. The van der Waals surface area contributed by atoms with E-state index in [9.17, 15) is 0 Å². The van der Waals surface area contributed by atoms with Gasteiger partial charge in [-0.25, -0.2) is 0 Å². The summed E-state index contributed by atoms with van der Waals surface area (Å²) in [4.78, 5) is 0. The van der Waals surface area contributed by atoms with Crippen LogP contribution in [0, 0.1) is 0 Å². The monoisotopic (exact) mass is 151 g/mol. The molecule has 0 radical (unpaired) electrons. The molecule has 1 atom stereocenters. The molecule has 0 amide bonds. The van der Waals surface area contributed by atoms with Gasteiger partial charge in [0.05, 0.1) is 12.7 Å². The summed E-state index contributed by atoms with van der Waals surface area (Å²) in [6, 6.07) is 0. The van der Waals surface area contributed by atoms with Crippen LogP contribution in [0.2, 0.25) is 19.6 Å². The normalized spacial score (nSPS) is 20.2. The highest BCUT2D eigenvalue weighted by Gasteiger charge is 2.32. The molecule has 0 saturated carbocycles. The van der Waals surface area contributed by atoms with Gasteiger partial charge in [0.1, 0.15) is 0 Å². The maximum Gasteiger partial charge on any atom is 0.0859 e. The largest absolute Gasteiger partial charge is 0.316 e. The third-order valence-corrected chi connectivity index (χ3v) is 6.10. The van der Waals surface area contributed by atoms with Crippen molar-refractivity contribution >= 4 is 19.7 Å². The minimum atomic E-state index is -1.32. The number of rotatable bonds is 1. The molecule has 0 aromatic rings. The van der Waals surface area contributed by atoms with Gasteiger partial charge in [0.2, 0.25) is 0 Å². The molecule has 0 aliphatic heterocycles. The van der Waals surface area contributed by atoms with E-state index in [2.05, 4.69) is 19.6 Å². The minimum absolute atomic E-state index is 0.451. The van der Waals surface area contributed by atoms with Crippen LogP contribution in [0.15, 0.2) is 0 Å². The first kappa shape index (κ1) is 8.47. The predicted octanol–water partition coefficient (Wildman–Crippen LogP) is 1.78. The molecule has 2 N–H and O–H groups in total. The van der Waals surface area contributed by atoms with Crippen molar-refractivity contribution in [3.8, 4) is 0 Å². The van der Waals surface area contributed by atoms with Crippen molar-refractivity contribution in [1.29, 1.82) is 0 Å². The lowest BCUT2D eigenvalue weighted by Gasteiger charge is -2.29. The fraction of sp³-hybridized carbons (Fsp3) is 1.00. The first-order chi connectivity index (χ1) is 3.25. The summed E-state index contributed by atoms with van der Waals surface area (Å²) in [5.41, 5.74) is 5.64. The second-order valence-electron chi connectivity index (χ2n) is 3.33. The number of nitrogens with two attached hydrogens (primary N) is 1. The molecule has 0 rings (SSSR count). The van der Waals surface area contributed by atoms with Crippen molar-refractivity contribution in [2.45, 2.75) is 31.2 Å². The van der Waals surface area contributed by atoms with Gasteiger partial charge >= 0.3 is 0 Å². The minimum Gasteiger partial charge on any atom is -0.316 e. The molecule has 0 fully saturated rings. The van der Waals surface area contributed by atoms with Crippen molar-refractivity contribution in [2.24, 2.45) is 5.73 Å². The van der Waals surface area contributed by atoms with Gasteiger partial charge in [0.15, 0.2) is 0 Å². The molecule has 0 spiro atoms. The zero-order valence-corrected chi connectivity index (χ0v) is 7.71. The average molecular weight is 152 g/mol. The third-order valence-electron chi connectivity index (χ3n) is 1.47. The van der Waals surface area contributed by atoms with Gasteiger partial charge in [-0.1, -0.05) is 19.6 Å². The van der Waals surface area contributed by atoms with Gasteiger partial charge < -0.3 is 5.73 Å². The van der Waals surface area contributed by atoms with E-state index in [-0.39, 0.29) is 0 Å². The van der Waals surface area contributed by atoms with Crippen LogP contribution in [0.1, 0.15) is 6.92 Å². The van der Waals surface area contributed by atoms with Crippen LogP contribution in [-0.2, 0) is 0 Å². The summed E-state index contributed by atoms with van der Waals surface area (Å²) in [5, 5.41) is 0. The summed E-state index contributed by atoms with van der Waals surface area (Å²) < 4.78 is -0.451. The lowest BCUT2D eigenvalue weighted by Crippen LogP contribution is -2.52. The van der Waals surface area contributed by atoms with E-state index < -0.39 is 12.7 Å². The van der Waals surface area contributed by atoms with E-state index in [1.165, 1.54) is 0 Å². The first-order valence-corrected chi connectivity index (χ1v) is 6.61. The molecule has 1 nitrogen and oxygen atoms in total. The molecule has 0 heterocycles. The van der Waals surface area contributed by atoms with E-state index in [0.29, 0.717) is 0 Å². The number of hydrogen-bond donors (Lipinski definition) is 1. The molecule has 0 aliphatic carbocycles. The van der Waals surface area contributed by atoms with E-state index in [4.69, 9.17) is 17.3 Å². The topological polar surface area (TPSA) is 26.0 Å². The fourth-order valence-corrected chi connectivity index (χ4v) is 0. The van der Waals surface area contributed by atoms with Crippen molar-refractivity contribution < 1.29 is 0 Å². The molecule has 0 aromatic heterocycles. The van der Waals surface area contributed by atoms with Gasteiger partial charge in [-0.3, -0.25) is 0 Å². The lowest BCUT2D eigenvalue weighted by molar-refractivity contribution is 0.881. The predicted molar refractivity (Wildman–Crippen MR) is 41.8 cm³/mol. The summed E-state index contributed by atoms with van der Waals surface area (Å²) in [6.07, 6.45) is 0. The summed E-state index contributed by atoms with van der Waals surface area (Å²) in [5.74, 6) is 0. The zero-order chi connectivity index (χ0) is 7.00. The van der Waals surface area contributed by atoms with Crippen LogP contribution in [0.25, 0.3) is 0 Å². The van der Waals surface area contributed by atoms with E-state index in [1.807, 2.05) is 6.92 Å². The summed E-state index contributed by atoms with van der Waals surface area (Å²) in [7, 11) is -1.32. The van der Waals surface area contributed by atoms with E-state index >= 15 is 0 Å². The second-order valence-corrected chi connectivity index (χ2v) is 9.97. The van der Waals surface area contributed by atoms with Crippen molar-refractivity contribution in [3.63, 3.8) is 0 Å². The maximum atomic E-state index is 5.85. The zero-order valence-electron chi connectivity index (χ0n) is 5.96. The Morgan fingerprint density at radius 1 is 1.38 bits per heavy atom. The molecular weight excluding hydrogens is 138 g/mol. The number of hydrogen-bond acceptors (Lipinski definition) is 1. The summed E-state index contributed by atoms with van der Waals surface area (Å²) in [6.45, 7) is 8.33. The van der Waals surface area contributed by atoms with Crippen LogP contribution in [0.4, 0.5) is 0 Å². The van der Waals surface area contributed by atoms with Crippen LogP contribution < -0.4 is 5.73 Å². The maximum absolute atomic E-state index is 5.85. The Bertz CT molecular complexity index is 67.4. The molecule has 50 valence electrons. The quantitative estimate of drug-likeness (QED) is 0.345. The van der Waals surface area contributed by atoms with Crippen LogP contribution in [0.5, 0.6) is 0 Å². The highest BCUT2D eigenvalue weighted by molar-refractivity contribution is 6.85. The van der Waals surface area contributed by atoms with Crippen LogP contribution >= 0.6 is 11.6 Å². The Balaban J connectivity index is 4.02. The Labute approximate surface area is 57.2 Å². The van der Waals surface area contributed by atoms with Gasteiger partial charge in [0.25, 0.3) is 0 Å². The number of alkyl halides is 1. The van der Waals surface area contributed by atoms with Gasteiger partial charge in [-0.2, -0.15) is 0 Å². The first-order valence-electron chi connectivity index (χ1n) is 2.73. The van der Waals surface area contributed by atoms with Crippen molar-refractivity contribution in [1.82, 2.24) is 0 Å². The molecule has 3 heteroatoms. The SMILES string of the molecule is CC(N)(Cl)[Si](C)(C)C. The Hall–Kier alpha value is 0.467. The van der Waals surface area contributed by atoms with Gasteiger partial charge in [-0.05, 0) is 6.92 Å². The third kappa shape index (κ3) is 2.16. The Kier molecular flexibility index (Phi) is 2.13. The average Bonchev–Trinajstić information content (AvgIpc) is 1.25. The Morgan fingerprint density at radius 3 is 1.50 bits per heavy atom. The summed E-state index contributed by atoms with van der Waals surface area (Å²) >= 11 is 5.85. The molecule has 0 aromatic carbocycles. The van der Waals surface area contributed by atoms with Gasteiger partial charge in [0, 0.05) is 0 Å². The smallest absolute Gasteiger partial charge is 0.0859 e. The van der Waals surface area contributed by atoms with Crippen molar-refractivity contribution in [2.75, 3.05) is 0 Å². The highest BCUT2D eigenvalue weighted by Crippen LogP contribution is 2.20. The van der Waals surface area contributed by atoms with Gasteiger partial charge in [-0.15, -0.1) is 11.6 Å².